The topological polar surface area (TPSA) is 61.6 Å². The number of nitrogens with zero attached hydrogens (tertiary/aromatic N) is 3. The predicted molar refractivity (Wildman–Crippen MR) is 79.5 cm³/mol. The van der Waals surface area contributed by atoms with E-state index in [9.17, 15) is 0 Å². The van der Waals surface area contributed by atoms with Crippen molar-refractivity contribution in [2.45, 2.75) is 26.7 Å². The zero-order valence-electron chi connectivity index (χ0n) is 11.8. The van der Waals surface area contributed by atoms with Crippen LogP contribution in [0.25, 0.3) is 0 Å². The van der Waals surface area contributed by atoms with E-state index in [4.69, 9.17) is 5.26 Å². The molecule has 1 heterocycles. The second kappa shape index (κ2) is 6.67. The van der Waals surface area contributed by atoms with Gasteiger partial charge >= 0.3 is 0 Å². The molecule has 4 nitrogen and oxygen atoms in total. The maximum atomic E-state index is 8.87. The third kappa shape index (κ3) is 3.79. The first-order valence-electron chi connectivity index (χ1n) is 6.78. The van der Waals surface area contributed by atoms with Crippen molar-refractivity contribution >= 4 is 5.82 Å². The molecule has 0 bridgehead atoms. The maximum absolute atomic E-state index is 8.87. The van der Waals surface area contributed by atoms with Crippen LogP contribution < -0.4 is 5.32 Å². The standard InChI is InChI=1S/C16H18N4/c1-3-13-4-6-14(7-5-13)8-9-18-16-10-15(11-17)19-12(2)20-16/h4-7,10H,3,8-9H2,1-2H3,(H,18,19,20). The summed E-state index contributed by atoms with van der Waals surface area (Å²) in [7, 11) is 0. The van der Waals surface area contributed by atoms with Gasteiger partial charge in [0.05, 0.1) is 0 Å². The van der Waals surface area contributed by atoms with E-state index < -0.39 is 0 Å². The second-order valence-electron chi connectivity index (χ2n) is 4.64. The van der Waals surface area contributed by atoms with Crippen LogP contribution in [0.2, 0.25) is 0 Å². The van der Waals surface area contributed by atoms with Gasteiger partial charge in [-0.3, -0.25) is 0 Å². The number of aryl methyl sites for hydroxylation is 2. The molecule has 0 aliphatic heterocycles. The Labute approximate surface area is 119 Å². The number of aromatic nitrogens is 2. The molecule has 0 fully saturated rings. The van der Waals surface area contributed by atoms with Crippen LogP contribution in [-0.4, -0.2) is 16.5 Å². The molecule has 4 heteroatoms. The van der Waals surface area contributed by atoms with Gasteiger partial charge in [-0.15, -0.1) is 0 Å². The SMILES string of the molecule is CCc1ccc(CCNc2cc(C#N)nc(C)n2)cc1. The highest BCUT2D eigenvalue weighted by molar-refractivity contribution is 5.40. The van der Waals surface area contributed by atoms with Gasteiger partial charge in [0.1, 0.15) is 23.4 Å². The predicted octanol–water partition coefficient (Wildman–Crippen LogP) is 2.87. The van der Waals surface area contributed by atoms with E-state index in [1.807, 2.05) is 6.07 Å². The average molecular weight is 266 g/mol. The Hall–Kier alpha value is -2.41. The minimum atomic E-state index is 0.396. The third-order valence-corrected chi connectivity index (χ3v) is 3.10. The summed E-state index contributed by atoms with van der Waals surface area (Å²) in [4.78, 5) is 8.29. The van der Waals surface area contributed by atoms with Gasteiger partial charge in [0.25, 0.3) is 0 Å². The Morgan fingerprint density at radius 3 is 2.50 bits per heavy atom. The zero-order chi connectivity index (χ0) is 14.4. The number of benzene rings is 1. The number of hydrogen-bond acceptors (Lipinski definition) is 4. The summed E-state index contributed by atoms with van der Waals surface area (Å²) >= 11 is 0. The van der Waals surface area contributed by atoms with Crippen LogP contribution in [0.15, 0.2) is 30.3 Å². The summed E-state index contributed by atoms with van der Waals surface area (Å²) < 4.78 is 0. The van der Waals surface area contributed by atoms with E-state index in [0.717, 1.165) is 19.4 Å². The second-order valence-corrected chi connectivity index (χ2v) is 4.64. The average Bonchev–Trinajstić information content (AvgIpc) is 2.47. The number of hydrogen-bond donors (Lipinski definition) is 1. The van der Waals surface area contributed by atoms with Crippen molar-refractivity contribution in [1.29, 1.82) is 5.26 Å². The molecule has 0 amide bonds. The van der Waals surface area contributed by atoms with Crippen molar-refractivity contribution in [3.05, 3.63) is 53.0 Å². The Balaban J connectivity index is 1.92. The molecule has 20 heavy (non-hydrogen) atoms. The highest BCUT2D eigenvalue weighted by Crippen LogP contribution is 2.08. The van der Waals surface area contributed by atoms with E-state index >= 15 is 0 Å². The molecule has 0 saturated carbocycles. The van der Waals surface area contributed by atoms with Crippen LogP contribution in [0.4, 0.5) is 5.82 Å². The molecule has 2 rings (SSSR count). The molecule has 0 atom stereocenters. The molecule has 0 unspecified atom stereocenters. The molecular formula is C16H18N4. The lowest BCUT2D eigenvalue weighted by Gasteiger charge is -2.07. The lowest BCUT2D eigenvalue weighted by Crippen LogP contribution is -2.08. The summed E-state index contributed by atoms with van der Waals surface area (Å²) in [5, 5.41) is 12.1. The van der Waals surface area contributed by atoms with Crippen LogP contribution in [0.3, 0.4) is 0 Å². The summed E-state index contributed by atoms with van der Waals surface area (Å²) in [6.45, 7) is 4.73. The third-order valence-electron chi connectivity index (χ3n) is 3.10. The van der Waals surface area contributed by atoms with Crippen molar-refractivity contribution in [3.63, 3.8) is 0 Å². The molecule has 1 aromatic heterocycles. The molecule has 0 aliphatic carbocycles. The molecule has 102 valence electrons. The van der Waals surface area contributed by atoms with Crippen molar-refractivity contribution in [3.8, 4) is 6.07 Å². The fourth-order valence-electron chi connectivity index (χ4n) is 1.99. The lowest BCUT2D eigenvalue weighted by atomic mass is 10.1. The molecular weight excluding hydrogens is 248 g/mol. The van der Waals surface area contributed by atoms with Crippen LogP contribution >= 0.6 is 0 Å². The smallest absolute Gasteiger partial charge is 0.146 e. The Bertz CT molecular complexity index is 611. The van der Waals surface area contributed by atoms with Gasteiger partial charge in [0.2, 0.25) is 0 Å². The van der Waals surface area contributed by atoms with Gasteiger partial charge in [-0.1, -0.05) is 31.2 Å². The zero-order valence-corrected chi connectivity index (χ0v) is 11.8. The molecule has 0 aliphatic rings. The molecule has 1 N–H and O–H groups in total. The largest absolute Gasteiger partial charge is 0.370 e. The Kier molecular flexibility index (Phi) is 4.67. The van der Waals surface area contributed by atoms with E-state index in [2.05, 4.69) is 46.5 Å². The van der Waals surface area contributed by atoms with Gasteiger partial charge in [0.15, 0.2) is 0 Å². The van der Waals surface area contributed by atoms with Crippen LogP contribution in [0.5, 0.6) is 0 Å². The monoisotopic (exact) mass is 266 g/mol. The molecule has 0 spiro atoms. The highest BCUT2D eigenvalue weighted by Gasteiger charge is 2.01. The number of nitrogens with one attached hydrogen (secondary N) is 1. The first kappa shape index (κ1) is 14.0. The van der Waals surface area contributed by atoms with E-state index in [-0.39, 0.29) is 0 Å². The summed E-state index contributed by atoms with van der Waals surface area (Å²) in [6.07, 6.45) is 1.99. The van der Waals surface area contributed by atoms with Crippen molar-refractivity contribution in [2.75, 3.05) is 11.9 Å². The molecule has 1 aromatic carbocycles. The fourth-order valence-corrected chi connectivity index (χ4v) is 1.99. The summed E-state index contributed by atoms with van der Waals surface area (Å²) in [5.41, 5.74) is 3.04. The minimum Gasteiger partial charge on any atom is -0.370 e. The maximum Gasteiger partial charge on any atom is 0.146 e. The van der Waals surface area contributed by atoms with Gasteiger partial charge in [-0.25, -0.2) is 9.97 Å². The fraction of sp³-hybridized carbons (Fsp3) is 0.312. The molecule has 0 saturated heterocycles. The number of nitriles is 1. The van der Waals surface area contributed by atoms with Gasteiger partial charge in [-0.05, 0) is 30.9 Å². The van der Waals surface area contributed by atoms with Crippen molar-refractivity contribution in [2.24, 2.45) is 0 Å². The van der Waals surface area contributed by atoms with Crippen LogP contribution in [0, 0.1) is 18.3 Å². The van der Waals surface area contributed by atoms with E-state index in [1.54, 1.807) is 13.0 Å². The number of anilines is 1. The molecule has 0 radical (unpaired) electrons. The minimum absolute atomic E-state index is 0.396. The number of rotatable bonds is 5. The van der Waals surface area contributed by atoms with E-state index in [1.165, 1.54) is 11.1 Å². The van der Waals surface area contributed by atoms with Gasteiger partial charge in [-0.2, -0.15) is 5.26 Å². The lowest BCUT2D eigenvalue weighted by molar-refractivity contribution is 0.974. The van der Waals surface area contributed by atoms with Gasteiger partial charge < -0.3 is 5.32 Å². The Morgan fingerprint density at radius 1 is 1.15 bits per heavy atom. The first-order chi connectivity index (χ1) is 9.71. The van der Waals surface area contributed by atoms with Crippen LogP contribution in [0.1, 0.15) is 29.6 Å². The van der Waals surface area contributed by atoms with Gasteiger partial charge in [0, 0.05) is 12.6 Å². The normalized spacial score (nSPS) is 10.1. The Morgan fingerprint density at radius 2 is 1.85 bits per heavy atom. The highest BCUT2D eigenvalue weighted by atomic mass is 15.0. The van der Waals surface area contributed by atoms with E-state index in [0.29, 0.717) is 17.3 Å². The summed E-state index contributed by atoms with van der Waals surface area (Å²) in [6, 6.07) is 12.4. The van der Waals surface area contributed by atoms with Crippen molar-refractivity contribution in [1.82, 2.24) is 9.97 Å². The summed E-state index contributed by atoms with van der Waals surface area (Å²) in [5.74, 6) is 1.32. The first-order valence-corrected chi connectivity index (χ1v) is 6.78. The van der Waals surface area contributed by atoms with Crippen molar-refractivity contribution < 1.29 is 0 Å². The van der Waals surface area contributed by atoms with Crippen LogP contribution in [-0.2, 0) is 12.8 Å². The quantitative estimate of drug-likeness (QED) is 0.904. The molecule has 2 aromatic rings.